The van der Waals surface area contributed by atoms with Gasteiger partial charge in [0.15, 0.2) is 0 Å². The highest BCUT2D eigenvalue weighted by atomic mass is 35.5. The lowest BCUT2D eigenvalue weighted by Crippen LogP contribution is -2.24. The number of aromatic nitrogens is 2. The van der Waals surface area contributed by atoms with Crippen molar-refractivity contribution in [2.75, 3.05) is 5.73 Å². The molecule has 1 aromatic carbocycles. The van der Waals surface area contributed by atoms with E-state index < -0.39 is 0 Å². The molecule has 0 bridgehead atoms. The van der Waals surface area contributed by atoms with Gasteiger partial charge in [-0.25, -0.2) is 14.4 Å². The number of halogens is 2. The monoisotopic (exact) mass is 282 g/mol. The molecule has 0 aliphatic rings. The van der Waals surface area contributed by atoms with E-state index in [-0.39, 0.29) is 35.6 Å². The van der Waals surface area contributed by atoms with Crippen molar-refractivity contribution in [3.8, 4) is 0 Å². The minimum absolute atomic E-state index is 0. The first kappa shape index (κ1) is 14.8. The molecule has 0 aliphatic heterocycles. The average Bonchev–Trinajstić information content (AvgIpc) is 2.38. The van der Waals surface area contributed by atoms with Gasteiger partial charge < -0.3 is 11.1 Å². The van der Waals surface area contributed by atoms with Crippen LogP contribution in [0.25, 0.3) is 0 Å². The molecular weight excluding hydrogens is 271 g/mol. The number of nitrogens with one attached hydrogen (secondary N) is 1. The Balaban J connectivity index is 0.00000180. The summed E-state index contributed by atoms with van der Waals surface area (Å²) in [4.78, 5) is 19.2. The molecule has 5 nitrogen and oxygen atoms in total. The highest BCUT2D eigenvalue weighted by molar-refractivity contribution is 5.92. The molecule has 3 N–H and O–H groups in total. The van der Waals surface area contributed by atoms with Crippen molar-refractivity contribution in [3.63, 3.8) is 0 Å². The molecule has 0 atom stereocenters. The molecule has 0 saturated heterocycles. The van der Waals surface area contributed by atoms with Gasteiger partial charge in [-0.1, -0.05) is 12.1 Å². The fraction of sp³-hybridized carbons (Fsp3) is 0.0833. The zero-order valence-corrected chi connectivity index (χ0v) is 10.7. The maximum Gasteiger partial charge on any atom is 0.270 e. The van der Waals surface area contributed by atoms with Crippen LogP contribution >= 0.6 is 12.4 Å². The molecule has 1 aromatic heterocycles. The molecule has 7 heteroatoms. The normalized spacial score (nSPS) is 9.53. The smallest absolute Gasteiger partial charge is 0.270 e. The van der Waals surface area contributed by atoms with Crippen molar-refractivity contribution in [1.82, 2.24) is 15.3 Å². The van der Waals surface area contributed by atoms with Gasteiger partial charge in [-0.05, 0) is 17.7 Å². The predicted octanol–water partition coefficient (Wildman–Crippen LogP) is 1.55. The van der Waals surface area contributed by atoms with Crippen LogP contribution in [-0.2, 0) is 6.54 Å². The maximum atomic E-state index is 12.7. The van der Waals surface area contributed by atoms with Gasteiger partial charge >= 0.3 is 0 Å². The summed E-state index contributed by atoms with van der Waals surface area (Å²) in [5.41, 5.74) is 6.44. The summed E-state index contributed by atoms with van der Waals surface area (Å²) in [7, 11) is 0. The summed E-state index contributed by atoms with van der Waals surface area (Å²) >= 11 is 0. The molecule has 0 aliphatic carbocycles. The van der Waals surface area contributed by atoms with E-state index in [0.717, 1.165) is 5.56 Å². The number of anilines is 1. The van der Waals surface area contributed by atoms with E-state index in [2.05, 4.69) is 15.3 Å². The number of carbonyl (C=O) groups excluding carboxylic acids is 1. The Kier molecular flexibility index (Phi) is 5.20. The van der Waals surface area contributed by atoms with Crippen LogP contribution in [-0.4, -0.2) is 15.9 Å². The second-order valence-electron chi connectivity index (χ2n) is 3.64. The van der Waals surface area contributed by atoms with Crippen LogP contribution in [0.15, 0.2) is 36.7 Å². The molecule has 100 valence electrons. The number of hydrogen-bond donors (Lipinski definition) is 2. The molecular formula is C12H12ClFN4O. The van der Waals surface area contributed by atoms with Crippen molar-refractivity contribution in [3.05, 3.63) is 53.7 Å². The summed E-state index contributed by atoms with van der Waals surface area (Å²) in [5.74, 6) is -0.431. The second-order valence-corrected chi connectivity index (χ2v) is 3.64. The second kappa shape index (κ2) is 6.65. The van der Waals surface area contributed by atoms with E-state index in [1.165, 1.54) is 24.5 Å². The number of carbonyl (C=O) groups is 1. The fourth-order valence-electron chi connectivity index (χ4n) is 1.37. The number of hydrogen-bond acceptors (Lipinski definition) is 4. The Morgan fingerprint density at radius 1 is 1.26 bits per heavy atom. The Labute approximate surface area is 115 Å². The Morgan fingerprint density at radius 2 is 1.95 bits per heavy atom. The van der Waals surface area contributed by atoms with Gasteiger partial charge in [0.1, 0.15) is 23.7 Å². The quantitative estimate of drug-likeness (QED) is 0.895. The molecule has 0 saturated carbocycles. The molecule has 19 heavy (non-hydrogen) atoms. The summed E-state index contributed by atoms with van der Waals surface area (Å²) in [5, 5.41) is 2.65. The van der Waals surface area contributed by atoms with Gasteiger partial charge in [-0.2, -0.15) is 0 Å². The first-order valence-electron chi connectivity index (χ1n) is 5.25. The number of benzene rings is 1. The number of nitrogens with two attached hydrogens (primary N) is 1. The van der Waals surface area contributed by atoms with E-state index in [4.69, 9.17) is 5.73 Å². The van der Waals surface area contributed by atoms with Crippen molar-refractivity contribution in [2.24, 2.45) is 0 Å². The summed E-state index contributed by atoms with van der Waals surface area (Å²) in [6, 6.07) is 7.27. The fourth-order valence-corrected chi connectivity index (χ4v) is 1.37. The van der Waals surface area contributed by atoms with Crippen LogP contribution in [0.4, 0.5) is 10.2 Å². The van der Waals surface area contributed by atoms with Crippen molar-refractivity contribution >= 4 is 24.1 Å². The van der Waals surface area contributed by atoms with E-state index in [1.807, 2.05) is 0 Å². The largest absolute Gasteiger partial charge is 0.384 e. The molecule has 0 fully saturated rings. The topological polar surface area (TPSA) is 80.9 Å². The van der Waals surface area contributed by atoms with Crippen LogP contribution in [0.3, 0.4) is 0 Å². The number of amides is 1. The van der Waals surface area contributed by atoms with Crippen LogP contribution in [0.5, 0.6) is 0 Å². The highest BCUT2D eigenvalue weighted by Gasteiger charge is 2.07. The number of rotatable bonds is 3. The predicted molar refractivity (Wildman–Crippen MR) is 71.3 cm³/mol. The maximum absolute atomic E-state index is 12.7. The molecule has 1 heterocycles. The van der Waals surface area contributed by atoms with Gasteiger partial charge in [0, 0.05) is 12.6 Å². The molecule has 2 aromatic rings. The summed E-state index contributed by atoms with van der Waals surface area (Å²) < 4.78 is 12.7. The Bertz CT molecular complexity index is 562. The minimum atomic E-state index is -0.353. The third kappa shape index (κ3) is 4.18. The molecule has 1 amide bonds. The first-order valence-corrected chi connectivity index (χ1v) is 5.25. The molecule has 2 rings (SSSR count). The SMILES string of the molecule is Cl.Nc1cc(C(=O)NCc2ccc(F)cc2)ncn1. The lowest BCUT2D eigenvalue weighted by Gasteiger charge is -2.04. The zero-order chi connectivity index (χ0) is 13.0. The third-order valence-electron chi connectivity index (χ3n) is 2.29. The van der Waals surface area contributed by atoms with E-state index >= 15 is 0 Å². The van der Waals surface area contributed by atoms with Gasteiger partial charge in [-0.3, -0.25) is 4.79 Å². The standard InChI is InChI=1S/C12H11FN4O.ClH/c13-9-3-1-8(2-4-9)6-15-12(18)10-5-11(14)17-7-16-10;/h1-5,7H,6H2,(H,15,18)(H2,14,16,17);1H. The van der Waals surface area contributed by atoms with Gasteiger partial charge in [0.05, 0.1) is 0 Å². The lowest BCUT2D eigenvalue weighted by molar-refractivity contribution is 0.0946. The minimum Gasteiger partial charge on any atom is -0.384 e. The van der Waals surface area contributed by atoms with E-state index in [0.29, 0.717) is 6.54 Å². The van der Waals surface area contributed by atoms with E-state index in [1.54, 1.807) is 12.1 Å². The van der Waals surface area contributed by atoms with Crippen LogP contribution in [0, 0.1) is 5.82 Å². The molecule has 0 spiro atoms. The van der Waals surface area contributed by atoms with E-state index in [9.17, 15) is 9.18 Å². The van der Waals surface area contributed by atoms with Crippen LogP contribution < -0.4 is 11.1 Å². The number of nitrogens with zero attached hydrogens (tertiary/aromatic N) is 2. The lowest BCUT2D eigenvalue weighted by atomic mass is 10.2. The summed E-state index contributed by atoms with van der Waals surface area (Å²) in [6.07, 6.45) is 1.22. The van der Waals surface area contributed by atoms with Crippen molar-refractivity contribution in [1.29, 1.82) is 0 Å². The van der Waals surface area contributed by atoms with Crippen LogP contribution in [0.2, 0.25) is 0 Å². The van der Waals surface area contributed by atoms with Crippen LogP contribution in [0.1, 0.15) is 16.1 Å². The molecule has 0 radical (unpaired) electrons. The van der Waals surface area contributed by atoms with Crippen molar-refractivity contribution in [2.45, 2.75) is 6.54 Å². The third-order valence-corrected chi connectivity index (χ3v) is 2.29. The Morgan fingerprint density at radius 3 is 2.58 bits per heavy atom. The van der Waals surface area contributed by atoms with Gasteiger partial charge in [0.25, 0.3) is 5.91 Å². The summed E-state index contributed by atoms with van der Waals surface area (Å²) in [6.45, 7) is 0.295. The highest BCUT2D eigenvalue weighted by Crippen LogP contribution is 2.03. The van der Waals surface area contributed by atoms with Gasteiger partial charge in [-0.15, -0.1) is 12.4 Å². The van der Waals surface area contributed by atoms with Crippen molar-refractivity contribution < 1.29 is 9.18 Å². The number of nitrogen functional groups attached to an aromatic ring is 1. The average molecular weight is 283 g/mol. The molecule has 0 unspecified atom stereocenters. The van der Waals surface area contributed by atoms with Gasteiger partial charge in [0.2, 0.25) is 0 Å². The zero-order valence-electron chi connectivity index (χ0n) is 9.84. The first-order chi connectivity index (χ1) is 8.65. The Hall–Kier alpha value is -2.21.